The second-order valence-corrected chi connectivity index (χ2v) is 2.77. The summed E-state index contributed by atoms with van der Waals surface area (Å²) in [7, 11) is 0. The van der Waals surface area contributed by atoms with Gasteiger partial charge >= 0.3 is 0 Å². The Morgan fingerprint density at radius 3 is 2.33 bits per heavy atom. The van der Waals surface area contributed by atoms with Crippen LogP contribution in [0.25, 0.3) is 0 Å². The van der Waals surface area contributed by atoms with Crippen molar-refractivity contribution in [1.29, 1.82) is 0 Å². The monoisotopic (exact) mass is 165 g/mol. The van der Waals surface area contributed by atoms with E-state index in [0.717, 1.165) is 19.2 Å². The van der Waals surface area contributed by atoms with Gasteiger partial charge in [-0.15, -0.1) is 0 Å². The van der Waals surface area contributed by atoms with Crippen molar-refractivity contribution in [1.82, 2.24) is 4.90 Å². The SMILES string of the molecule is O=C1C=C(O)C(N2CC2)=CC1=O. The molecule has 0 atom stereocenters. The Morgan fingerprint density at radius 1 is 1.17 bits per heavy atom. The molecule has 0 amide bonds. The van der Waals surface area contributed by atoms with Crippen LogP contribution in [0.1, 0.15) is 0 Å². The van der Waals surface area contributed by atoms with Crippen LogP contribution in [-0.4, -0.2) is 34.7 Å². The molecule has 0 aromatic heterocycles. The summed E-state index contributed by atoms with van der Waals surface area (Å²) in [6.45, 7) is 1.68. The molecular formula is C8H7NO3. The molecule has 12 heavy (non-hydrogen) atoms. The molecule has 0 radical (unpaired) electrons. The lowest BCUT2D eigenvalue weighted by atomic mass is 10.1. The molecule has 0 aromatic rings. The molecule has 1 heterocycles. The van der Waals surface area contributed by atoms with E-state index < -0.39 is 11.6 Å². The lowest BCUT2D eigenvalue weighted by Crippen LogP contribution is -2.17. The molecule has 0 aromatic carbocycles. The summed E-state index contributed by atoms with van der Waals surface area (Å²) in [6, 6.07) is 0. The van der Waals surface area contributed by atoms with E-state index in [1.807, 2.05) is 4.90 Å². The zero-order valence-corrected chi connectivity index (χ0v) is 6.28. The van der Waals surface area contributed by atoms with Crippen LogP contribution in [0.5, 0.6) is 0 Å². The fraction of sp³-hybridized carbons (Fsp3) is 0.250. The lowest BCUT2D eigenvalue weighted by molar-refractivity contribution is -0.131. The summed E-state index contributed by atoms with van der Waals surface area (Å²) in [5.74, 6) is -1.31. The Hall–Kier alpha value is -1.58. The number of carbonyl (C=O) groups excluding carboxylic acids is 2. The van der Waals surface area contributed by atoms with Crippen molar-refractivity contribution in [2.24, 2.45) is 0 Å². The Morgan fingerprint density at radius 2 is 1.75 bits per heavy atom. The minimum Gasteiger partial charge on any atom is -0.506 e. The Kier molecular flexibility index (Phi) is 1.30. The van der Waals surface area contributed by atoms with Gasteiger partial charge in [0.05, 0.1) is 5.70 Å². The fourth-order valence-corrected chi connectivity index (χ4v) is 1.08. The summed E-state index contributed by atoms with van der Waals surface area (Å²) in [6.07, 6.45) is 2.15. The molecule has 62 valence electrons. The zero-order valence-electron chi connectivity index (χ0n) is 6.28. The highest BCUT2D eigenvalue weighted by Crippen LogP contribution is 2.22. The van der Waals surface area contributed by atoms with Crippen LogP contribution in [0.4, 0.5) is 0 Å². The molecular weight excluding hydrogens is 158 g/mol. The van der Waals surface area contributed by atoms with Crippen LogP contribution >= 0.6 is 0 Å². The van der Waals surface area contributed by atoms with Crippen molar-refractivity contribution in [3.63, 3.8) is 0 Å². The van der Waals surface area contributed by atoms with Crippen molar-refractivity contribution >= 4 is 11.6 Å². The molecule has 1 fully saturated rings. The van der Waals surface area contributed by atoms with Crippen molar-refractivity contribution < 1.29 is 14.7 Å². The highest BCUT2D eigenvalue weighted by atomic mass is 16.3. The molecule has 1 saturated heterocycles. The van der Waals surface area contributed by atoms with E-state index in [1.54, 1.807) is 0 Å². The van der Waals surface area contributed by atoms with E-state index in [9.17, 15) is 14.7 Å². The molecule has 1 N–H and O–H groups in total. The molecule has 1 aliphatic heterocycles. The smallest absolute Gasteiger partial charge is 0.229 e. The molecule has 1 aliphatic carbocycles. The summed E-state index contributed by atoms with van der Waals surface area (Å²) in [4.78, 5) is 23.4. The van der Waals surface area contributed by atoms with Crippen LogP contribution in [0.15, 0.2) is 23.6 Å². The molecule has 2 aliphatic rings. The first-order valence-electron chi connectivity index (χ1n) is 3.64. The average Bonchev–Trinajstić information content (AvgIpc) is 2.79. The van der Waals surface area contributed by atoms with Crippen LogP contribution in [-0.2, 0) is 9.59 Å². The predicted octanol–water partition coefficient (Wildman–Crippen LogP) is -0.220. The van der Waals surface area contributed by atoms with E-state index in [4.69, 9.17) is 0 Å². The maximum Gasteiger partial charge on any atom is 0.229 e. The molecule has 2 rings (SSSR count). The minimum atomic E-state index is -0.655. The summed E-state index contributed by atoms with van der Waals surface area (Å²) >= 11 is 0. The number of rotatable bonds is 1. The van der Waals surface area contributed by atoms with Gasteiger partial charge in [-0.1, -0.05) is 0 Å². The van der Waals surface area contributed by atoms with Gasteiger partial charge in [0.2, 0.25) is 11.6 Å². The minimum absolute atomic E-state index is 0.0999. The predicted molar refractivity (Wildman–Crippen MR) is 40.4 cm³/mol. The standard InChI is InChI=1S/C8H7NO3/c10-6-4-8(12)7(11)3-5(6)9-1-2-9/h3-4,10H,1-2H2. The van der Waals surface area contributed by atoms with Crippen molar-refractivity contribution in [2.75, 3.05) is 13.1 Å². The molecule has 0 spiro atoms. The number of hydrogen-bond donors (Lipinski definition) is 1. The first-order chi connectivity index (χ1) is 5.68. The first kappa shape index (κ1) is 7.09. The Labute approximate surface area is 68.8 Å². The topological polar surface area (TPSA) is 57.4 Å². The van der Waals surface area contributed by atoms with E-state index in [0.29, 0.717) is 5.70 Å². The van der Waals surface area contributed by atoms with Crippen LogP contribution in [0.3, 0.4) is 0 Å². The lowest BCUT2D eigenvalue weighted by Gasteiger charge is -2.10. The quantitative estimate of drug-likeness (QED) is 0.331. The van der Waals surface area contributed by atoms with Gasteiger partial charge in [-0.25, -0.2) is 0 Å². The second kappa shape index (κ2) is 2.20. The molecule has 0 saturated carbocycles. The van der Waals surface area contributed by atoms with Crippen molar-refractivity contribution in [3.05, 3.63) is 23.6 Å². The van der Waals surface area contributed by atoms with Crippen molar-refractivity contribution in [3.8, 4) is 0 Å². The van der Waals surface area contributed by atoms with Crippen LogP contribution in [0, 0.1) is 0 Å². The van der Waals surface area contributed by atoms with Gasteiger partial charge in [-0.2, -0.15) is 0 Å². The van der Waals surface area contributed by atoms with Gasteiger partial charge in [0.25, 0.3) is 0 Å². The van der Waals surface area contributed by atoms with E-state index in [2.05, 4.69) is 0 Å². The summed E-state index contributed by atoms with van der Waals surface area (Å²) in [5, 5.41) is 9.25. The van der Waals surface area contributed by atoms with Crippen LogP contribution < -0.4 is 0 Å². The summed E-state index contributed by atoms with van der Waals surface area (Å²) < 4.78 is 0. The molecule has 4 heteroatoms. The van der Waals surface area contributed by atoms with Gasteiger partial charge in [-0.05, 0) is 0 Å². The second-order valence-electron chi connectivity index (χ2n) is 2.77. The zero-order chi connectivity index (χ0) is 8.72. The Bertz CT molecular complexity index is 323. The third-order valence-electron chi connectivity index (χ3n) is 1.83. The Balaban J connectivity index is 2.33. The van der Waals surface area contributed by atoms with Gasteiger partial charge in [0.15, 0.2) is 0 Å². The maximum absolute atomic E-state index is 10.9. The average molecular weight is 165 g/mol. The van der Waals surface area contributed by atoms with E-state index >= 15 is 0 Å². The maximum atomic E-state index is 10.9. The van der Waals surface area contributed by atoms with E-state index in [1.165, 1.54) is 6.08 Å². The highest BCUT2D eigenvalue weighted by molar-refractivity contribution is 6.46. The van der Waals surface area contributed by atoms with Crippen LogP contribution in [0.2, 0.25) is 0 Å². The number of allylic oxidation sites excluding steroid dienone is 2. The number of ketones is 2. The highest BCUT2D eigenvalue weighted by Gasteiger charge is 2.28. The number of aliphatic hydroxyl groups excluding tert-OH is 1. The normalized spacial score (nSPS) is 22.2. The number of hydrogen-bond acceptors (Lipinski definition) is 4. The number of aliphatic hydroxyl groups is 1. The van der Waals surface area contributed by atoms with Crippen molar-refractivity contribution in [2.45, 2.75) is 0 Å². The number of carbonyl (C=O) groups is 2. The number of nitrogens with zero attached hydrogens (tertiary/aromatic N) is 1. The van der Waals surface area contributed by atoms with Gasteiger partial charge < -0.3 is 10.0 Å². The summed E-state index contributed by atoms with van der Waals surface area (Å²) in [5.41, 5.74) is 0.472. The van der Waals surface area contributed by atoms with Gasteiger partial charge in [0, 0.05) is 25.2 Å². The molecule has 0 unspecified atom stereocenters. The molecule has 4 nitrogen and oxygen atoms in total. The van der Waals surface area contributed by atoms with E-state index in [-0.39, 0.29) is 5.76 Å². The van der Waals surface area contributed by atoms with Gasteiger partial charge in [0.1, 0.15) is 5.76 Å². The van der Waals surface area contributed by atoms with Gasteiger partial charge in [-0.3, -0.25) is 9.59 Å². The molecule has 0 bridgehead atoms. The largest absolute Gasteiger partial charge is 0.506 e. The first-order valence-corrected chi connectivity index (χ1v) is 3.64. The third kappa shape index (κ3) is 1.01. The fourth-order valence-electron chi connectivity index (χ4n) is 1.08. The third-order valence-corrected chi connectivity index (χ3v) is 1.83.